The number of aryl methyl sites for hydroxylation is 2. The van der Waals surface area contributed by atoms with Crippen molar-refractivity contribution in [3.05, 3.63) is 41.6 Å². The number of hydrogen-bond donors (Lipinski definition) is 0. The number of rotatable bonds is 10. The highest BCUT2D eigenvalue weighted by Gasteiger charge is 2.26. The molecule has 0 radical (unpaired) electrons. The van der Waals surface area contributed by atoms with Crippen LogP contribution in [0.15, 0.2) is 24.3 Å². The maximum absolute atomic E-state index is 13.5. The first-order valence-electron chi connectivity index (χ1n) is 13.1. The number of piperazine rings is 1. The highest BCUT2D eigenvalue weighted by atomic mass is 19.1. The van der Waals surface area contributed by atoms with E-state index >= 15 is 0 Å². The average Bonchev–Trinajstić information content (AvgIpc) is 3.21. The molecule has 0 spiro atoms. The number of nitrogens with zero attached hydrogens (tertiary/aromatic N) is 6. The number of benzene rings is 1. The Balaban J connectivity index is 1.60. The van der Waals surface area contributed by atoms with E-state index in [1.165, 1.54) is 25.0 Å². The largest absolute Gasteiger partial charge is 0.352 e. The second-order valence-corrected chi connectivity index (χ2v) is 9.42. The first-order valence-corrected chi connectivity index (χ1v) is 13.1. The van der Waals surface area contributed by atoms with Gasteiger partial charge in [-0.25, -0.2) is 19.0 Å². The summed E-state index contributed by atoms with van der Waals surface area (Å²) in [5.41, 5.74) is 2.37. The number of amides is 1. The van der Waals surface area contributed by atoms with Gasteiger partial charge in [-0.05, 0) is 44.0 Å². The molecule has 0 saturated carbocycles. The minimum atomic E-state index is -0.279. The molecule has 0 bridgehead atoms. The Morgan fingerprint density at radius 2 is 1.66 bits per heavy atom. The van der Waals surface area contributed by atoms with Gasteiger partial charge in [-0.2, -0.15) is 5.10 Å². The lowest BCUT2D eigenvalue weighted by molar-refractivity contribution is -0.131. The van der Waals surface area contributed by atoms with E-state index in [4.69, 9.17) is 15.1 Å². The molecule has 35 heavy (non-hydrogen) atoms. The van der Waals surface area contributed by atoms with E-state index in [-0.39, 0.29) is 11.7 Å². The Kier molecular flexibility index (Phi) is 8.31. The van der Waals surface area contributed by atoms with Crippen molar-refractivity contribution in [3.63, 3.8) is 0 Å². The van der Waals surface area contributed by atoms with Gasteiger partial charge in [0.1, 0.15) is 17.5 Å². The normalized spacial score (nSPS) is 14.2. The maximum Gasteiger partial charge on any atom is 0.222 e. The summed E-state index contributed by atoms with van der Waals surface area (Å²) in [5, 5.41) is 5.68. The summed E-state index contributed by atoms with van der Waals surface area (Å²) in [7, 11) is 0. The van der Waals surface area contributed by atoms with E-state index in [2.05, 4.69) is 18.7 Å². The topological polar surface area (TPSA) is 67.2 Å². The minimum Gasteiger partial charge on any atom is -0.352 e. The molecule has 188 valence electrons. The van der Waals surface area contributed by atoms with Crippen molar-refractivity contribution < 1.29 is 9.18 Å². The maximum atomic E-state index is 13.5. The molecule has 0 N–H and O–H groups in total. The quantitative estimate of drug-likeness (QED) is 0.372. The summed E-state index contributed by atoms with van der Waals surface area (Å²) in [6, 6.07) is 6.33. The van der Waals surface area contributed by atoms with Crippen LogP contribution in [0.1, 0.15) is 70.3 Å². The second-order valence-electron chi connectivity index (χ2n) is 9.42. The zero-order chi connectivity index (χ0) is 24.8. The fraction of sp³-hybridized carbons (Fsp3) is 0.556. The molecule has 1 saturated heterocycles. The second kappa shape index (κ2) is 11.6. The Morgan fingerprint density at radius 3 is 2.34 bits per heavy atom. The molecule has 4 rings (SSSR count). The molecule has 3 heterocycles. The highest BCUT2D eigenvalue weighted by Crippen LogP contribution is 2.30. The predicted molar refractivity (Wildman–Crippen MR) is 138 cm³/mol. The fourth-order valence-corrected chi connectivity index (χ4v) is 4.67. The molecule has 3 aromatic rings. The summed E-state index contributed by atoms with van der Waals surface area (Å²) >= 11 is 0. The number of carbonyl (C=O) groups is 1. The standard InChI is InChI=1S/C27H37FN6O/c1-4-6-8-9-11-24(35)32-16-18-33(19-17-32)26-25-20(3)31-34(22-14-12-21(28)13-15-22)27(25)30-23(29-26)10-7-5-2/h12-15H,4-11,16-19H2,1-3H3. The number of halogens is 1. The van der Waals surface area contributed by atoms with Crippen LogP contribution in [0.25, 0.3) is 16.7 Å². The van der Waals surface area contributed by atoms with Gasteiger partial charge in [0.25, 0.3) is 0 Å². The van der Waals surface area contributed by atoms with Gasteiger partial charge in [0.2, 0.25) is 5.91 Å². The van der Waals surface area contributed by atoms with Gasteiger partial charge >= 0.3 is 0 Å². The lowest BCUT2D eigenvalue weighted by Gasteiger charge is -2.36. The van der Waals surface area contributed by atoms with Crippen molar-refractivity contribution in [2.24, 2.45) is 0 Å². The monoisotopic (exact) mass is 480 g/mol. The molecular weight excluding hydrogens is 443 g/mol. The molecule has 1 aromatic carbocycles. The summed E-state index contributed by atoms with van der Waals surface area (Å²) in [6.07, 6.45) is 7.97. The van der Waals surface area contributed by atoms with Gasteiger partial charge in [0.05, 0.1) is 16.8 Å². The van der Waals surface area contributed by atoms with Crippen molar-refractivity contribution in [2.75, 3.05) is 31.1 Å². The third kappa shape index (κ3) is 5.80. The van der Waals surface area contributed by atoms with E-state index in [0.717, 1.165) is 79.3 Å². The molecule has 1 aliphatic heterocycles. The van der Waals surface area contributed by atoms with E-state index < -0.39 is 0 Å². The van der Waals surface area contributed by atoms with Crippen LogP contribution >= 0.6 is 0 Å². The van der Waals surface area contributed by atoms with Crippen LogP contribution in [0.5, 0.6) is 0 Å². The van der Waals surface area contributed by atoms with Gasteiger partial charge < -0.3 is 9.80 Å². The summed E-state index contributed by atoms with van der Waals surface area (Å²) in [6.45, 7) is 9.19. The summed E-state index contributed by atoms with van der Waals surface area (Å²) < 4.78 is 15.3. The van der Waals surface area contributed by atoms with Crippen LogP contribution in [0.3, 0.4) is 0 Å². The van der Waals surface area contributed by atoms with Gasteiger partial charge in [0.15, 0.2) is 5.65 Å². The molecule has 7 nitrogen and oxygen atoms in total. The predicted octanol–water partition coefficient (Wildman–Crippen LogP) is 5.22. The smallest absolute Gasteiger partial charge is 0.222 e. The first kappa shape index (κ1) is 25.1. The van der Waals surface area contributed by atoms with Crippen LogP contribution in [0.4, 0.5) is 10.2 Å². The van der Waals surface area contributed by atoms with Crippen molar-refractivity contribution in [1.29, 1.82) is 0 Å². The lowest BCUT2D eigenvalue weighted by Crippen LogP contribution is -2.49. The molecule has 8 heteroatoms. The SMILES string of the molecule is CCCCCCC(=O)N1CCN(c2nc(CCCC)nc3c2c(C)nn3-c2ccc(F)cc2)CC1. The molecule has 1 aliphatic rings. The number of hydrogen-bond acceptors (Lipinski definition) is 5. The van der Waals surface area contributed by atoms with Gasteiger partial charge in [-0.1, -0.05) is 39.5 Å². The zero-order valence-corrected chi connectivity index (χ0v) is 21.3. The minimum absolute atomic E-state index is 0.262. The Labute approximate surface area is 207 Å². The van der Waals surface area contributed by atoms with E-state index in [9.17, 15) is 9.18 Å². The number of anilines is 1. The summed E-state index contributed by atoms with van der Waals surface area (Å²) in [5.74, 6) is 1.67. The van der Waals surface area contributed by atoms with Crippen LogP contribution in [0.2, 0.25) is 0 Å². The number of carbonyl (C=O) groups excluding carboxylic acids is 1. The number of fused-ring (bicyclic) bond motifs is 1. The van der Waals surface area contributed by atoms with E-state index in [1.54, 1.807) is 16.8 Å². The van der Waals surface area contributed by atoms with Gasteiger partial charge in [0, 0.05) is 39.0 Å². The van der Waals surface area contributed by atoms with Crippen LogP contribution in [0, 0.1) is 12.7 Å². The van der Waals surface area contributed by atoms with Crippen molar-refractivity contribution in [1.82, 2.24) is 24.6 Å². The van der Waals surface area contributed by atoms with Gasteiger partial charge in [-0.3, -0.25) is 4.79 Å². The molecule has 1 fully saturated rings. The lowest BCUT2D eigenvalue weighted by atomic mass is 10.1. The van der Waals surface area contributed by atoms with Crippen molar-refractivity contribution >= 4 is 22.8 Å². The van der Waals surface area contributed by atoms with Crippen molar-refractivity contribution in [3.8, 4) is 5.69 Å². The molecule has 1 amide bonds. The highest BCUT2D eigenvalue weighted by molar-refractivity contribution is 5.91. The first-order chi connectivity index (χ1) is 17.0. The molecule has 2 aromatic heterocycles. The molecule has 0 aliphatic carbocycles. The number of unbranched alkanes of at least 4 members (excludes halogenated alkanes) is 4. The zero-order valence-electron chi connectivity index (χ0n) is 21.3. The Hall–Kier alpha value is -3.03. The number of aromatic nitrogens is 4. The van der Waals surface area contributed by atoms with E-state index in [0.29, 0.717) is 19.5 Å². The Morgan fingerprint density at radius 1 is 0.943 bits per heavy atom. The van der Waals surface area contributed by atoms with Crippen LogP contribution < -0.4 is 4.90 Å². The molecule has 0 unspecified atom stereocenters. The fourth-order valence-electron chi connectivity index (χ4n) is 4.67. The van der Waals surface area contributed by atoms with Crippen LogP contribution in [-0.4, -0.2) is 56.7 Å². The van der Waals surface area contributed by atoms with E-state index in [1.807, 2.05) is 11.8 Å². The third-order valence-corrected chi connectivity index (χ3v) is 6.73. The average molecular weight is 481 g/mol. The Bertz CT molecular complexity index is 1130. The van der Waals surface area contributed by atoms with Crippen LogP contribution in [-0.2, 0) is 11.2 Å². The van der Waals surface area contributed by atoms with Gasteiger partial charge in [-0.15, -0.1) is 0 Å². The molecule has 0 atom stereocenters. The third-order valence-electron chi connectivity index (χ3n) is 6.73. The summed E-state index contributed by atoms with van der Waals surface area (Å²) in [4.78, 5) is 26.8. The molecular formula is C27H37FN6O. The van der Waals surface area contributed by atoms with Crippen molar-refractivity contribution in [2.45, 2.75) is 72.1 Å².